The van der Waals surface area contributed by atoms with Crippen molar-refractivity contribution in [3.05, 3.63) is 46.5 Å². The number of ether oxygens (including phenoxy) is 1. The van der Waals surface area contributed by atoms with Crippen molar-refractivity contribution in [2.75, 3.05) is 7.11 Å². The topological polar surface area (TPSA) is 63.9 Å². The van der Waals surface area contributed by atoms with Gasteiger partial charge in [-0.1, -0.05) is 12.1 Å². The molecule has 0 fully saturated rings. The fraction of sp³-hybridized carbons (Fsp3) is 0.182. The maximum absolute atomic E-state index is 6.08. The van der Waals surface area contributed by atoms with E-state index in [4.69, 9.17) is 10.5 Å². The van der Waals surface area contributed by atoms with Gasteiger partial charge in [-0.3, -0.25) is 0 Å². The molecule has 1 unspecified atom stereocenters. The highest BCUT2D eigenvalue weighted by atomic mass is 79.9. The van der Waals surface area contributed by atoms with E-state index in [9.17, 15) is 0 Å². The molecule has 0 aliphatic carbocycles. The van der Waals surface area contributed by atoms with Gasteiger partial charge in [0.2, 0.25) is 0 Å². The zero-order chi connectivity index (χ0) is 11.5. The summed E-state index contributed by atoms with van der Waals surface area (Å²) < 4.78 is 5.97. The van der Waals surface area contributed by atoms with Crippen molar-refractivity contribution in [1.29, 1.82) is 0 Å². The number of methoxy groups -OCH3 is 1. The molecule has 2 aromatic rings. The minimum atomic E-state index is -0.276. The second-order valence-corrected chi connectivity index (χ2v) is 4.22. The number of aromatic nitrogens is 2. The first-order chi connectivity index (χ1) is 7.70. The molecule has 16 heavy (non-hydrogen) atoms. The predicted octanol–water partition coefficient (Wildman–Crippen LogP) is 2.23. The van der Waals surface area contributed by atoms with Gasteiger partial charge in [0.05, 0.1) is 19.3 Å². The Morgan fingerprint density at radius 2 is 2.31 bits per heavy atom. The fourth-order valence-corrected chi connectivity index (χ4v) is 1.77. The first kappa shape index (κ1) is 11.2. The van der Waals surface area contributed by atoms with Crippen LogP contribution in [0.15, 0.2) is 35.1 Å². The molecule has 0 radical (unpaired) electrons. The quantitative estimate of drug-likeness (QED) is 0.907. The van der Waals surface area contributed by atoms with Crippen molar-refractivity contribution in [2.24, 2.45) is 5.73 Å². The zero-order valence-corrected chi connectivity index (χ0v) is 10.4. The molecule has 0 spiro atoms. The lowest BCUT2D eigenvalue weighted by Crippen LogP contribution is -2.13. The summed E-state index contributed by atoms with van der Waals surface area (Å²) in [7, 11) is 1.63. The van der Waals surface area contributed by atoms with Gasteiger partial charge >= 0.3 is 0 Å². The van der Waals surface area contributed by atoms with Crippen LogP contribution in [-0.4, -0.2) is 17.1 Å². The Hall–Kier alpha value is -1.33. The van der Waals surface area contributed by atoms with Gasteiger partial charge in [0.25, 0.3) is 0 Å². The van der Waals surface area contributed by atoms with E-state index >= 15 is 0 Å². The monoisotopic (exact) mass is 281 g/mol. The Morgan fingerprint density at radius 3 is 2.94 bits per heavy atom. The molecule has 1 aromatic heterocycles. The highest BCUT2D eigenvalue weighted by Crippen LogP contribution is 2.22. The largest absolute Gasteiger partial charge is 0.497 e. The van der Waals surface area contributed by atoms with Crippen molar-refractivity contribution >= 4 is 15.9 Å². The first-order valence-electron chi connectivity index (χ1n) is 4.80. The van der Waals surface area contributed by atoms with Gasteiger partial charge < -0.3 is 15.5 Å². The van der Waals surface area contributed by atoms with E-state index in [1.165, 1.54) is 0 Å². The summed E-state index contributed by atoms with van der Waals surface area (Å²) in [6.45, 7) is 0. The summed E-state index contributed by atoms with van der Waals surface area (Å²) in [5, 5.41) is 0. The average molecular weight is 282 g/mol. The Kier molecular flexibility index (Phi) is 3.26. The normalized spacial score (nSPS) is 12.4. The number of rotatable bonds is 3. The summed E-state index contributed by atoms with van der Waals surface area (Å²) in [6, 6.07) is 7.37. The lowest BCUT2D eigenvalue weighted by molar-refractivity contribution is 0.414. The van der Waals surface area contributed by atoms with Crippen LogP contribution in [0.2, 0.25) is 0 Å². The number of imidazole rings is 1. The summed E-state index contributed by atoms with van der Waals surface area (Å²) in [5.74, 6) is 1.51. The highest BCUT2D eigenvalue weighted by Gasteiger charge is 2.12. The van der Waals surface area contributed by atoms with Gasteiger partial charge in [-0.25, -0.2) is 4.98 Å². The van der Waals surface area contributed by atoms with Crippen LogP contribution < -0.4 is 10.5 Å². The maximum Gasteiger partial charge on any atom is 0.128 e. The number of H-pyrrole nitrogens is 1. The summed E-state index contributed by atoms with van der Waals surface area (Å²) >= 11 is 3.30. The molecule has 2 rings (SSSR count). The number of aromatic amines is 1. The van der Waals surface area contributed by atoms with Crippen molar-refractivity contribution in [3.8, 4) is 5.75 Å². The minimum absolute atomic E-state index is 0.276. The molecular formula is C11H12BrN3O. The van der Waals surface area contributed by atoms with Crippen LogP contribution in [0.4, 0.5) is 0 Å². The number of nitrogens with one attached hydrogen (secondary N) is 1. The molecule has 0 saturated heterocycles. The van der Waals surface area contributed by atoms with Crippen LogP contribution in [0.1, 0.15) is 17.4 Å². The number of hydrogen-bond donors (Lipinski definition) is 2. The lowest BCUT2D eigenvalue weighted by atomic mass is 10.1. The van der Waals surface area contributed by atoms with Crippen LogP contribution in [0.25, 0.3) is 0 Å². The molecular weight excluding hydrogens is 270 g/mol. The second-order valence-electron chi connectivity index (χ2n) is 3.37. The minimum Gasteiger partial charge on any atom is -0.497 e. The molecule has 4 nitrogen and oxygen atoms in total. The number of nitrogens with zero attached hydrogens (tertiary/aromatic N) is 1. The summed E-state index contributed by atoms with van der Waals surface area (Å²) in [5.41, 5.74) is 7.04. The smallest absolute Gasteiger partial charge is 0.128 e. The van der Waals surface area contributed by atoms with Gasteiger partial charge in [-0.15, -0.1) is 0 Å². The maximum atomic E-state index is 6.08. The van der Waals surface area contributed by atoms with Crippen LogP contribution in [-0.2, 0) is 0 Å². The third kappa shape index (κ3) is 2.25. The van der Waals surface area contributed by atoms with Gasteiger partial charge in [0, 0.05) is 0 Å². The average Bonchev–Trinajstić information content (AvgIpc) is 2.75. The van der Waals surface area contributed by atoms with Crippen LogP contribution in [0.3, 0.4) is 0 Å². The van der Waals surface area contributed by atoms with Crippen molar-refractivity contribution in [1.82, 2.24) is 9.97 Å². The molecule has 3 N–H and O–H groups in total. The molecule has 0 amide bonds. The molecule has 0 bridgehead atoms. The molecule has 0 aliphatic heterocycles. The predicted molar refractivity (Wildman–Crippen MR) is 65.3 cm³/mol. The molecule has 0 aliphatic rings. The molecule has 1 aromatic carbocycles. The van der Waals surface area contributed by atoms with E-state index in [0.717, 1.165) is 21.7 Å². The van der Waals surface area contributed by atoms with E-state index in [2.05, 4.69) is 25.9 Å². The summed E-state index contributed by atoms with van der Waals surface area (Å²) in [4.78, 5) is 7.23. The molecule has 5 heteroatoms. The van der Waals surface area contributed by atoms with E-state index in [1.807, 2.05) is 24.3 Å². The summed E-state index contributed by atoms with van der Waals surface area (Å²) in [6.07, 6.45) is 1.69. The van der Waals surface area contributed by atoms with Crippen molar-refractivity contribution in [2.45, 2.75) is 6.04 Å². The Balaban J connectivity index is 2.29. The molecule has 0 saturated carbocycles. The van der Waals surface area contributed by atoms with E-state index < -0.39 is 0 Å². The SMILES string of the molecule is COc1cccc(C(N)c2ncc(Br)[nH]2)c1. The first-order valence-corrected chi connectivity index (χ1v) is 5.60. The van der Waals surface area contributed by atoms with Crippen LogP contribution in [0.5, 0.6) is 5.75 Å². The van der Waals surface area contributed by atoms with Gasteiger partial charge in [-0.2, -0.15) is 0 Å². The van der Waals surface area contributed by atoms with Crippen molar-refractivity contribution < 1.29 is 4.74 Å². The molecule has 1 atom stereocenters. The lowest BCUT2D eigenvalue weighted by Gasteiger charge is -2.10. The van der Waals surface area contributed by atoms with E-state index in [0.29, 0.717) is 0 Å². The van der Waals surface area contributed by atoms with E-state index in [-0.39, 0.29) is 6.04 Å². The van der Waals surface area contributed by atoms with Crippen LogP contribution >= 0.6 is 15.9 Å². The third-order valence-corrected chi connectivity index (χ3v) is 2.71. The standard InChI is InChI=1S/C11H12BrN3O/c1-16-8-4-2-3-7(5-8)10(13)11-14-6-9(12)15-11/h2-6,10H,13H2,1H3,(H,14,15). The molecule has 1 heterocycles. The Morgan fingerprint density at radius 1 is 1.50 bits per heavy atom. The van der Waals surface area contributed by atoms with Gasteiger partial charge in [-0.05, 0) is 33.6 Å². The van der Waals surface area contributed by atoms with Gasteiger partial charge in [0.1, 0.15) is 16.2 Å². The highest BCUT2D eigenvalue weighted by molar-refractivity contribution is 9.10. The Labute approximate surface area is 102 Å². The number of hydrogen-bond acceptors (Lipinski definition) is 3. The fourth-order valence-electron chi connectivity index (χ4n) is 1.46. The number of halogens is 1. The van der Waals surface area contributed by atoms with Crippen LogP contribution in [0, 0.1) is 0 Å². The van der Waals surface area contributed by atoms with E-state index in [1.54, 1.807) is 13.3 Å². The second kappa shape index (κ2) is 4.67. The number of benzene rings is 1. The zero-order valence-electron chi connectivity index (χ0n) is 8.77. The molecule has 84 valence electrons. The Bertz CT molecular complexity index is 484. The third-order valence-electron chi connectivity index (χ3n) is 2.31. The number of nitrogens with two attached hydrogens (primary N) is 1. The van der Waals surface area contributed by atoms with Crippen molar-refractivity contribution in [3.63, 3.8) is 0 Å². The van der Waals surface area contributed by atoms with Gasteiger partial charge in [0.15, 0.2) is 0 Å².